The van der Waals surface area contributed by atoms with Gasteiger partial charge in [-0.15, -0.1) is 0 Å². The van der Waals surface area contributed by atoms with Crippen LogP contribution in [0.25, 0.3) is 0 Å². The minimum Gasteiger partial charge on any atom is -0.355 e. The third kappa shape index (κ3) is 4.90. The lowest BCUT2D eigenvalue weighted by atomic mass is 10.1. The van der Waals surface area contributed by atoms with Gasteiger partial charge in [0.15, 0.2) is 0 Å². The third-order valence-corrected chi connectivity index (χ3v) is 3.08. The maximum atomic E-state index is 11.7. The van der Waals surface area contributed by atoms with Gasteiger partial charge in [-0.3, -0.25) is 4.79 Å². The summed E-state index contributed by atoms with van der Waals surface area (Å²) >= 11 is 6.06. The predicted octanol–water partition coefficient (Wildman–Crippen LogP) is 2.22. The number of amides is 1. The molecule has 0 fully saturated rings. The Hall–Kier alpha value is -1.57. The van der Waals surface area contributed by atoms with E-state index in [1.807, 2.05) is 19.9 Å². The van der Waals surface area contributed by atoms with Crippen molar-refractivity contribution in [3.8, 4) is 6.07 Å². The molecule has 2 N–H and O–H groups in total. The number of hydrogen-bond acceptors (Lipinski definition) is 3. The van der Waals surface area contributed by atoms with Gasteiger partial charge < -0.3 is 10.6 Å². The first-order valence-corrected chi connectivity index (χ1v) is 6.66. The van der Waals surface area contributed by atoms with Gasteiger partial charge in [-0.25, -0.2) is 0 Å². The lowest BCUT2D eigenvalue weighted by Crippen LogP contribution is -2.42. The molecule has 0 heterocycles. The summed E-state index contributed by atoms with van der Waals surface area (Å²) in [4.78, 5) is 11.7. The summed E-state index contributed by atoms with van der Waals surface area (Å²) in [7, 11) is 0. The van der Waals surface area contributed by atoms with E-state index in [2.05, 4.69) is 10.6 Å². The number of carbonyl (C=O) groups is 1. The number of nitrogens with zero attached hydrogens (tertiary/aromatic N) is 1. The highest BCUT2D eigenvalue weighted by molar-refractivity contribution is 6.31. The third-order valence-electron chi connectivity index (χ3n) is 2.72. The molecule has 1 aromatic rings. The summed E-state index contributed by atoms with van der Waals surface area (Å²) in [5, 5.41) is 15.2. The highest BCUT2D eigenvalue weighted by atomic mass is 35.5. The zero-order valence-corrected chi connectivity index (χ0v) is 11.9. The Labute approximate surface area is 118 Å². The van der Waals surface area contributed by atoms with E-state index in [0.717, 1.165) is 12.0 Å². The maximum absolute atomic E-state index is 11.7. The molecule has 1 unspecified atom stereocenters. The highest BCUT2D eigenvalue weighted by Gasteiger charge is 2.11. The average Bonchev–Trinajstić information content (AvgIpc) is 2.42. The van der Waals surface area contributed by atoms with Crippen molar-refractivity contribution in [2.75, 3.05) is 6.54 Å². The first-order valence-electron chi connectivity index (χ1n) is 6.28. The molecule has 0 bridgehead atoms. The molecule has 0 saturated heterocycles. The largest absolute Gasteiger partial charge is 0.355 e. The molecule has 19 heavy (non-hydrogen) atoms. The summed E-state index contributed by atoms with van der Waals surface area (Å²) in [6.07, 6.45) is 0.917. The fraction of sp³-hybridized carbons (Fsp3) is 0.429. The Morgan fingerprint density at radius 1 is 1.53 bits per heavy atom. The van der Waals surface area contributed by atoms with Crippen LogP contribution in [0.5, 0.6) is 0 Å². The molecule has 5 heteroatoms. The van der Waals surface area contributed by atoms with E-state index < -0.39 is 0 Å². The van der Waals surface area contributed by atoms with Crippen LogP contribution in [0.3, 0.4) is 0 Å². The quantitative estimate of drug-likeness (QED) is 0.839. The molecular weight excluding hydrogens is 262 g/mol. The Kier molecular flexibility index (Phi) is 6.34. The molecule has 4 nitrogen and oxygen atoms in total. The van der Waals surface area contributed by atoms with Crippen LogP contribution >= 0.6 is 11.6 Å². The van der Waals surface area contributed by atoms with Crippen molar-refractivity contribution < 1.29 is 4.79 Å². The van der Waals surface area contributed by atoms with Crippen LogP contribution in [0.15, 0.2) is 18.2 Å². The van der Waals surface area contributed by atoms with Crippen molar-refractivity contribution in [2.45, 2.75) is 32.9 Å². The van der Waals surface area contributed by atoms with Gasteiger partial charge in [0.05, 0.1) is 17.7 Å². The van der Waals surface area contributed by atoms with Crippen LogP contribution in [0.4, 0.5) is 0 Å². The monoisotopic (exact) mass is 279 g/mol. The standard InChI is InChI=1S/C14H18ClN3O/c1-3-6-17-14(19)10(2)18-9-12-5-4-11(8-16)7-13(12)15/h4-5,7,10,18H,3,6,9H2,1-2H3,(H,17,19). The lowest BCUT2D eigenvalue weighted by molar-refractivity contribution is -0.122. The van der Waals surface area contributed by atoms with Gasteiger partial charge in [0, 0.05) is 18.1 Å². The number of nitriles is 1. The molecule has 1 rings (SSSR count). The molecule has 0 aliphatic rings. The average molecular weight is 280 g/mol. The molecule has 0 aliphatic heterocycles. The van der Waals surface area contributed by atoms with Gasteiger partial charge >= 0.3 is 0 Å². The molecule has 102 valence electrons. The Morgan fingerprint density at radius 2 is 2.26 bits per heavy atom. The Morgan fingerprint density at radius 3 is 2.84 bits per heavy atom. The maximum Gasteiger partial charge on any atom is 0.236 e. The van der Waals surface area contributed by atoms with Gasteiger partial charge in [0.1, 0.15) is 0 Å². The van der Waals surface area contributed by atoms with Gasteiger partial charge in [-0.05, 0) is 31.0 Å². The van der Waals surface area contributed by atoms with E-state index >= 15 is 0 Å². The van der Waals surface area contributed by atoms with Crippen molar-refractivity contribution in [1.29, 1.82) is 5.26 Å². The normalized spacial score (nSPS) is 11.7. The molecule has 1 atom stereocenters. The van der Waals surface area contributed by atoms with Gasteiger partial charge in [0.25, 0.3) is 0 Å². The van der Waals surface area contributed by atoms with Crippen molar-refractivity contribution in [3.05, 3.63) is 34.3 Å². The van der Waals surface area contributed by atoms with E-state index in [1.165, 1.54) is 0 Å². The van der Waals surface area contributed by atoms with E-state index in [-0.39, 0.29) is 11.9 Å². The van der Waals surface area contributed by atoms with Gasteiger partial charge in [0.2, 0.25) is 5.91 Å². The number of rotatable bonds is 6. The van der Waals surface area contributed by atoms with E-state index in [0.29, 0.717) is 23.7 Å². The minimum atomic E-state index is -0.279. The van der Waals surface area contributed by atoms with Crippen LogP contribution in [0.1, 0.15) is 31.4 Å². The van der Waals surface area contributed by atoms with E-state index in [9.17, 15) is 4.79 Å². The first-order chi connectivity index (χ1) is 9.08. The molecule has 1 aromatic carbocycles. The minimum absolute atomic E-state index is 0.0217. The molecular formula is C14H18ClN3O. The SMILES string of the molecule is CCCNC(=O)C(C)NCc1ccc(C#N)cc1Cl. The van der Waals surface area contributed by atoms with E-state index in [4.69, 9.17) is 16.9 Å². The van der Waals surface area contributed by atoms with Gasteiger partial charge in [-0.1, -0.05) is 24.6 Å². The first kappa shape index (κ1) is 15.5. The van der Waals surface area contributed by atoms with Gasteiger partial charge in [-0.2, -0.15) is 5.26 Å². The van der Waals surface area contributed by atoms with Crippen molar-refractivity contribution in [2.24, 2.45) is 0 Å². The van der Waals surface area contributed by atoms with Crippen LogP contribution in [0, 0.1) is 11.3 Å². The second-order valence-corrected chi connectivity index (χ2v) is 4.72. The molecule has 0 radical (unpaired) electrons. The zero-order valence-electron chi connectivity index (χ0n) is 11.2. The predicted molar refractivity (Wildman–Crippen MR) is 75.8 cm³/mol. The molecule has 0 aromatic heterocycles. The van der Waals surface area contributed by atoms with Crippen molar-refractivity contribution in [3.63, 3.8) is 0 Å². The second-order valence-electron chi connectivity index (χ2n) is 4.31. The summed E-state index contributed by atoms with van der Waals surface area (Å²) in [6.45, 7) is 4.99. The summed E-state index contributed by atoms with van der Waals surface area (Å²) < 4.78 is 0. The number of benzene rings is 1. The number of hydrogen-bond donors (Lipinski definition) is 2. The van der Waals surface area contributed by atoms with Crippen LogP contribution in [0.2, 0.25) is 5.02 Å². The fourth-order valence-corrected chi connectivity index (χ4v) is 1.76. The number of halogens is 1. The van der Waals surface area contributed by atoms with Crippen molar-refractivity contribution >= 4 is 17.5 Å². The molecule has 1 amide bonds. The summed E-state index contributed by atoms with van der Waals surface area (Å²) in [6, 6.07) is 6.89. The summed E-state index contributed by atoms with van der Waals surface area (Å²) in [5.74, 6) is -0.0217. The molecule has 0 aliphatic carbocycles. The van der Waals surface area contributed by atoms with Crippen LogP contribution in [-0.4, -0.2) is 18.5 Å². The van der Waals surface area contributed by atoms with Crippen LogP contribution < -0.4 is 10.6 Å². The summed E-state index contributed by atoms with van der Waals surface area (Å²) in [5.41, 5.74) is 1.40. The lowest BCUT2D eigenvalue weighted by Gasteiger charge is -2.14. The Bertz CT molecular complexity index is 482. The highest BCUT2D eigenvalue weighted by Crippen LogP contribution is 2.17. The van der Waals surface area contributed by atoms with E-state index in [1.54, 1.807) is 18.2 Å². The fourth-order valence-electron chi connectivity index (χ4n) is 1.52. The molecule has 0 spiro atoms. The van der Waals surface area contributed by atoms with Crippen molar-refractivity contribution in [1.82, 2.24) is 10.6 Å². The topological polar surface area (TPSA) is 64.9 Å². The Balaban J connectivity index is 2.53. The number of carbonyl (C=O) groups excluding carboxylic acids is 1. The second kappa shape index (κ2) is 7.78. The van der Waals surface area contributed by atoms with Crippen LogP contribution in [-0.2, 0) is 11.3 Å². The molecule has 0 saturated carbocycles. The number of nitrogens with one attached hydrogen (secondary N) is 2. The zero-order chi connectivity index (χ0) is 14.3. The smallest absolute Gasteiger partial charge is 0.236 e.